The number of halogens is 1. The summed E-state index contributed by atoms with van der Waals surface area (Å²) >= 11 is 0. The number of carbonyl (C=O) groups excluding carboxylic acids is 1. The molecule has 0 radical (unpaired) electrons. The van der Waals surface area contributed by atoms with Gasteiger partial charge in [-0.05, 0) is 18.5 Å². The number of likely N-dealkylation sites (tertiary alicyclic amines) is 2. The zero-order valence-electron chi connectivity index (χ0n) is 17.8. The highest BCUT2D eigenvalue weighted by atomic mass is 35.5. The molecule has 0 saturated carbocycles. The van der Waals surface area contributed by atoms with Crippen molar-refractivity contribution in [3.05, 3.63) is 53.6 Å². The summed E-state index contributed by atoms with van der Waals surface area (Å²) in [5, 5.41) is 0. The van der Waals surface area contributed by atoms with Gasteiger partial charge in [-0.25, -0.2) is 0 Å². The van der Waals surface area contributed by atoms with E-state index in [1.54, 1.807) is 33.5 Å². The van der Waals surface area contributed by atoms with Crippen molar-refractivity contribution in [1.29, 1.82) is 0 Å². The lowest BCUT2D eigenvalue weighted by molar-refractivity contribution is 0.0764. The molecule has 6 nitrogen and oxygen atoms in total. The van der Waals surface area contributed by atoms with Crippen molar-refractivity contribution in [2.24, 2.45) is 11.8 Å². The summed E-state index contributed by atoms with van der Waals surface area (Å²) in [6.45, 7) is 2.50. The Hall–Kier alpha value is -2.44. The summed E-state index contributed by atoms with van der Waals surface area (Å²) in [5.41, 5.74) is 1.83. The highest BCUT2D eigenvalue weighted by Gasteiger charge is 2.47. The van der Waals surface area contributed by atoms with Crippen LogP contribution in [0.15, 0.2) is 42.5 Å². The van der Waals surface area contributed by atoms with Crippen LogP contribution in [0.3, 0.4) is 0 Å². The first-order valence-electron chi connectivity index (χ1n) is 9.91. The Labute approximate surface area is 184 Å². The third-order valence-corrected chi connectivity index (χ3v) is 6.26. The van der Waals surface area contributed by atoms with Crippen molar-refractivity contribution in [3.8, 4) is 17.2 Å². The van der Waals surface area contributed by atoms with E-state index in [9.17, 15) is 4.79 Å². The van der Waals surface area contributed by atoms with Gasteiger partial charge in [0.1, 0.15) is 5.75 Å². The summed E-state index contributed by atoms with van der Waals surface area (Å²) in [6, 6.07) is 14.4. The Balaban J connectivity index is 0.00000256. The number of nitrogens with zero attached hydrogens (tertiary/aromatic N) is 2. The topological polar surface area (TPSA) is 51.2 Å². The van der Waals surface area contributed by atoms with Crippen molar-refractivity contribution >= 4 is 18.3 Å². The van der Waals surface area contributed by atoms with E-state index in [0.717, 1.165) is 19.6 Å². The Bertz CT molecular complexity index is 892. The van der Waals surface area contributed by atoms with E-state index in [4.69, 9.17) is 14.2 Å². The fourth-order valence-corrected chi connectivity index (χ4v) is 4.94. The zero-order valence-corrected chi connectivity index (χ0v) is 18.6. The molecule has 2 saturated heterocycles. The monoisotopic (exact) mass is 432 g/mol. The third-order valence-electron chi connectivity index (χ3n) is 6.26. The van der Waals surface area contributed by atoms with Crippen LogP contribution in [-0.4, -0.2) is 63.7 Å². The zero-order chi connectivity index (χ0) is 20.5. The van der Waals surface area contributed by atoms with Crippen LogP contribution >= 0.6 is 12.4 Å². The minimum atomic E-state index is -0.0216. The van der Waals surface area contributed by atoms with Crippen LogP contribution in [0.25, 0.3) is 0 Å². The first-order chi connectivity index (χ1) is 14.1. The molecule has 162 valence electrons. The summed E-state index contributed by atoms with van der Waals surface area (Å²) in [7, 11) is 6.89. The molecular weight excluding hydrogens is 404 g/mol. The van der Waals surface area contributed by atoms with E-state index >= 15 is 0 Å². The average molecular weight is 433 g/mol. The SMILES string of the molecule is COc1cc(OC)c(C(=O)N2C[C@@H]3CN(C)[C@@H](c4ccccc4)[C@@H]3C2)cc1OC.Cl. The van der Waals surface area contributed by atoms with E-state index in [1.165, 1.54) is 5.56 Å². The molecule has 0 N–H and O–H groups in total. The van der Waals surface area contributed by atoms with Crippen molar-refractivity contribution in [3.63, 3.8) is 0 Å². The van der Waals surface area contributed by atoms with E-state index in [1.807, 2.05) is 11.0 Å². The van der Waals surface area contributed by atoms with Gasteiger partial charge in [-0.3, -0.25) is 9.69 Å². The smallest absolute Gasteiger partial charge is 0.257 e. The van der Waals surface area contributed by atoms with E-state index < -0.39 is 0 Å². The molecule has 2 fully saturated rings. The second kappa shape index (κ2) is 9.14. The van der Waals surface area contributed by atoms with Gasteiger partial charge >= 0.3 is 0 Å². The number of hydrogen-bond donors (Lipinski definition) is 0. The molecule has 2 aromatic carbocycles. The van der Waals surface area contributed by atoms with Gasteiger partial charge < -0.3 is 19.1 Å². The van der Waals surface area contributed by atoms with Gasteiger partial charge in [0.15, 0.2) is 11.5 Å². The fraction of sp³-hybridized carbons (Fsp3) is 0.435. The van der Waals surface area contributed by atoms with Crippen LogP contribution in [-0.2, 0) is 0 Å². The number of rotatable bonds is 5. The Kier molecular flexibility index (Phi) is 6.78. The van der Waals surface area contributed by atoms with Gasteiger partial charge in [0, 0.05) is 43.7 Å². The van der Waals surface area contributed by atoms with Crippen LogP contribution in [0.1, 0.15) is 22.0 Å². The molecule has 4 rings (SSSR count). The minimum Gasteiger partial charge on any atom is -0.496 e. The Morgan fingerprint density at radius 3 is 2.17 bits per heavy atom. The number of benzene rings is 2. The number of fused-ring (bicyclic) bond motifs is 1. The molecule has 2 heterocycles. The normalized spacial score (nSPS) is 22.9. The molecule has 3 atom stereocenters. The average Bonchev–Trinajstić information content (AvgIpc) is 3.29. The van der Waals surface area contributed by atoms with Crippen LogP contribution in [0.2, 0.25) is 0 Å². The van der Waals surface area contributed by atoms with Gasteiger partial charge in [-0.2, -0.15) is 0 Å². The van der Waals surface area contributed by atoms with Gasteiger partial charge in [0.2, 0.25) is 0 Å². The second-order valence-corrected chi connectivity index (χ2v) is 7.84. The van der Waals surface area contributed by atoms with E-state index in [2.05, 4.69) is 36.2 Å². The second-order valence-electron chi connectivity index (χ2n) is 7.84. The molecular formula is C23H29ClN2O4. The maximum atomic E-state index is 13.4. The first kappa shape index (κ1) is 22.2. The highest BCUT2D eigenvalue weighted by Crippen LogP contribution is 2.45. The van der Waals surface area contributed by atoms with Crippen molar-refractivity contribution in [2.45, 2.75) is 6.04 Å². The maximum Gasteiger partial charge on any atom is 0.257 e. The van der Waals surface area contributed by atoms with Crippen LogP contribution in [0.5, 0.6) is 17.2 Å². The summed E-state index contributed by atoms with van der Waals surface area (Å²) in [6.07, 6.45) is 0. The number of amides is 1. The first-order valence-corrected chi connectivity index (χ1v) is 9.91. The van der Waals surface area contributed by atoms with Gasteiger partial charge in [0.05, 0.1) is 26.9 Å². The predicted molar refractivity (Wildman–Crippen MR) is 118 cm³/mol. The van der Waals surface area contributed by atoms with Crippen molar-refractivity contribution in [2.75, 3.05) is 48.0 Å². The van der Waals surface area contributed by atoms with Crippen LogP contribution in [0, 0.1) is 11.8 Å². The summed E-state index contributed by atoms with van der Waals surface area (Å²) in [4.78, 5) is 17.8. The lowest BCUT2D eigenvalue weighted by Crippen LogP contribution is -2.33. The van der Waals surface area contributed by atoms with Crippen molar-refractivity contribution in [1.82, 2.24) is 9.80 Å². The number of methoxy groups -OCH3 is 3. The van der Waals surface area contributed by atoms with Crippen LogP contribution < -0.4 is 14.2 Å². The molecule has 0 aliphatic carbocycles. The molecule has 7 heteroatoms. The summed E-state index contributed by atoms with van der Waals surface area (Å²) < 4.78 is 16.2. The molecule has 0 unspecified atom stereocenters. The summed E-state index contributed by atoms with van der Waals surface area (Å²) in [5.74, 6) is 2.45. The molecule has 1 amide bonds. The molecule has 30 heavy (non-hydrogen) atoms. The number of ether oxygens (including phenoxy) is 3. The Morgan fingerprint density at radius 2 is 1.53 bits per heavy atom. The quantitative estimate of drug-likeness (QED) is 0.723. The molecule has 2 aromatic rings. The standard InChI is InChI=1S/C23H28N2O4.ClH/c1-24-12-16-13-25(14-18(16)22(24)15-8-6-5-7-9-15)23(26)17-10-20(28-3)21(29-4)11-19(17)27-2;/h5-11,16,18,22H,12-14H2,1-4H3;1H/t16-,18+,22-;/m0./s1. The van der Waals surface area contributed by atoms with Gasteiger partial charge in [0.25, 0.3) is 5.91 Å². The molecule has 0 bridgehead atoms. The predicted octanol–water partition coefficient (Wildman–Crippen LogP) is 3.51. The van der Waals surface area contributed by atoms with Gasteiger partial charge in [-0.1, -0.05) is 30.3 Å². The fourth-order valence-electron chi connectivity index (χ4n) is 4.94. The highest BCUT2D eigenvalue weighted by molar-refractivity contribution is 5.98. The van der Waals surface area contributed by atoms with Crippen molar-refractivity contribution < 1.29 is 19.0 Å². The van der Waals surface area contributed by atoms with E-state index in [0.29, 0.717) is 40.7 Å². The van der Waals surface area contributed by atoms with Crippen LogP contribution in [0.4, 0.5) is 0 Å². The minimum absolute atomic E-state index is 0. The largest absolute Gasteiger partial charge is 0.496 e. The lowest BCUT2D eigenvalue weighted by Gasteiger charge is -2.27. The lowest BCUT2D eigenvalue weighted by atomic mass is 9.90. The molecule has 0 spiro atoms. The number of carbonyl (C=O) groups is 1. The number of hydrogen-bond acceptors (Lipinski definition) is 5. The molecule has 2 aliphatic heterocycles. The molecule has 2 aliphatic rings. The molecule has 0 aromatic heterocycles. The Morgan fingerprint density at radius 1 is 0.900 bits per heavy atom. The van der Waals surface area contributed by atoms with Gasteiger partial charge in [-0.15, -0.1) is 12.4 Å². The van der Waals surface area contributed by atoms with E-state index in [-0.39, 0.29) is 18.3 Å². The maximum absolute atomic E-state index is 13.4. The third kappa shape index (κ3) is 3.82.